The predicted molar refractivity (Wildman–Crippen MR) is 109 cm³/mol. The number of furan rings is 1. The van der Waals surface area contributed by atoms with Gasteiger partial charge in [-0.25, -0.2) is 4.68 Å². The molecule has 0 atom stereocenters. The van der Waals surface area contributed by atoms with E-state index in [9.17, 15) is 20.0 Å². The minimum Gasteiger partial charge on any atom is -0.507 e. The van der Waals surface area contributed by atoms with Crippen LogP contribution >= 0.6 is 11.3 Å². The van der Waals surface area contributed by atoms with Gasteiger partial charge in [0.05, 0.1) is 36.7 Å². The molecule has 156 valence electrons. The maximum Gasteiger partial charge on any atom is 0.433 e. The summed E-state index contributed by atoms with van der Waals surface area (Å²) >= 11 is 1.29. The average Bonchev–Trinajstić information content (AvgIpc) is 3.34. The molecule has 12 heteroatoms. The van der Waals surface area contributed by atoms with Gasteiger partial charge in [-0.2, -0.15) is 5.10 Å². The van der Waals surface area contributed by atoms with E-state index < -0.39 is 16.7 Å². The zero-order valence-electron chi connectivity index (χ0n) is 15.7. The molecule has 1 amide bonds. The molecule has 11 nitrogen and oxygen atoms in total. The summed E-state index contributed by atoms with van der Waals surface area (Å²) in [4.78, 5) is 26.6. The van der Waals surface area contributed by atoms with Gasteiger partial charge in [0.2, 0.25) is 4.80 Å². The third-order valence-electron chi connectivity index (χ3n) is 3.88. The lowest BCUT2D eigenvalue weighted by Gasteiger charge is -2.06. The third-order valence-corrected chi connectivity index (χ3v) is 4.73. The number of hydrogen-bond acceptors (Lipinski definition) is 9. The van der Waals surface area contributed by atoms with Crippen molar-refractivity contribution in [3.63, 3.8) is 0 Å². The van der Waals surface area contributed by atoms with E-state index in [-0.39, 0.29) is 17.1 Å². The van der Waals surface area contributed by atoms with Gasteiger partial charge in [-0.3, -0.25) is 19.9 Å². The van der Waals surface area contributed by atoms with Gasteiger partial charge in [-0.05, 0) is 24.3 Å². The van der Waals surface area contributed by atoms with E-state index in [1.807, 2.05) is 0 Å². The number of benzene rings is 1. The summed E-state index contributed by atoms with van der Waals surface area (Å²) in [5.41, 5.74) is 6.41. The second-order valence-electron chi connectivity index (χ2n) is 5.86. The van der Waals surface area contributed by atoms with E-state index >= 15 is 0 Å². The zero-order chi connectivity index (χ0) is 21.7. The molecule has 0 aliphatic rings. The number of carbonyl (C=O) groups is 1. The highest BCUT2D eigenvalue weighted by atomic mass is 32.1. The van der Waals surface area contributed by atoms with Crippen molar-refractivity contribution in [3.05, 3.63) is 62.0 Å². The molecule has 0 saturated heterocycles. The molecule has 0 spiro atoms. The Morgan fingerprint density at radius 3 is 2.90 bits per heavy atom. The van der Waals surface area contributed by atoms with Crippen LogP contribution in [0.4, 0.5) is 5.88 Å². The van der Waals surface area contributed by atoms with Crippen molar-refractivity contribution in [1.82, 2.24) is 4.68 Å². The van der Waals surface area contributed by atoms with Crippen LogP contribution in [-0.2, 0) is 4.74 Å². The zero-order valence-corrected chi connectivity index (χ0v) is 16.5. The summed E-state index contributed by atoms with van der Waals surface area (Å²) in [6.07, 6.45) is 1.31. The Labute approximate surface area is 173 Å². The van der Waals surface area contributed by atoms with E-state index in [0.717, 1.165) is 0 Å². The topological polar surface area (TPSA) is 158 Å². The summed E-state index contributed by atoms with van der Waals surface area (Å²) in [6, 6.07) is 7.05. The number of aromatic nitrogens is 1. The smallest absolute Gasteiger partial charge is 0.433 e. The van der Waals surface area contributed by atoms with Gasteiger partial charge in [0.1, 0.15) is 10.7 Å². The van der Waals surface area contributed by atoms with E-state index in [4.69, 9.17) is 14.9 Å². The summed E-state index contributed by atoms with van der Waals surface area (Å²) in [6.45, 7) is 0.798. The summed E-state index contributed by atoms with van der Waals surface area (Å²) < 4.78 is 11.6. The Morgan fingerprint density at radius 1 is 1.43 bits per heavy atom. The van der Waals surface area contributed by atoms with Gasteiger partial charge in [-0.1, -0.05) is 0 Å². The Bertz CT molecular complexity index is 1180. The fourth-order valence-electron chi connectivity index (χ4n) is 2.47. The number of thiazole rings is 1. The van der Waals surface area contributed by atoms with Gasteiger partial charge in [-0.15, -0.1) is 11.3 Å². The van der Waals surface area contributed by atoms with Crippen molar-refractivity contribution < 1.29 is 24.0 Å². The van der Waals surface area contributed by atoms with Crippen molar-refractivity contribution in [2.45, 2.75) is 0 Å². The van der Waals surface area contributed by atoms with Crippen LogP contribution in [0.1, 0.15) is 16.1 Å². The van der Waals surface area contributed by atoms with Crippen LogP contribution in [0.5, 0.6) is 5.75 Å². The Morgan fingerprint density at radius 2 is 2.23 bits per heavy atom. The lowest BCUT2D eigenvalue weighted by atomic mass is 10.1. The molecule has 0 fully saturated rings. The number of hydrogen-bond donors (Lipinski definition) is 2. The van der Waals surface area contributed by atoms with Crippen LogP contribution in [0.3, 0.4) is 0 Å². The number of amides is 1. The molecule has 2 heterocycles. The van der Waals surface area contributed by atoms with Crippen molar-refractivity contribution in [3.8, 4) is 17.0 Å². The van der Waals surface area contributed by atoms with Crippen molar-refractivity contribution in [2.75, 3.05) is 20.3 Å². The first-order chi connectivity index (χ1) is 14.4. The Hall–Kier alpha value is -3.77. The summed E-state index contributed by atoms with van der Waals surface area (Å²) in [7, 11) is 1.56. The Kier molecular flexibility index (Phi) is 6.39. The highest BCUT2D eigenvalue weighted by Crippen LogP contribution is 2.26. The minimum absolute atomic E-state index is 0.0336. The minimum atomic E-state index is -0.771. The highest BCUT2D eigenvalue weighted by molar-refractivity contribution is 7.07. The highest BCUT2D eigenvalue weighted by Gasteiger charge is 2.14. The fraction of sp³-hybridized carbons (Fsp3) is 0.167. The first-order valence-electron chi connectivity index (χ1n) is 8.52. The van der Waals surface area contributed by atoms with Gasteiger partial charge in [0.25, 0.3) is 5.91 Å². The van der Waals surface area contributed by atoms with Crippen LogP contribution in [0, 0.1) is 10.1 Å². The molecule has 3 N–H and O–H groups in total. The first kappa shape index (κ1) is 21.0. The number of nitrogens with zero attached hydrogens (tertiary/aromatic N) is 4. The molecule has 0 bridgehead atoms. The molecule has 0 radical (unpaired) electrons. The van der Waals surface area contributed by atoms with Crippen molar-refractivity contribution >= 4 is 29.3 Å². The molecule has 0 aliphatic carbocycles. The van der Waals surface area contributed by atoms with Crippen LogP contribution in [-0.4, -0.2) is 47.1 Å². The second kappa shape index (κ2) is 9.15. The van der Waals surface area contributed by atoms with Gasteiger partial charge < -0.3 is 20.0 Å². The van der Waals surface area contributed by atoms with E-state index in [1.54, 1.807) is 18.6 Å². The standard InChI is InChI=1S/C18H17N5O6S/c1-28-7-6-20-18-22(21-9-12-3-5-16(29-12)23(26)27)14(10-30-18)11-2-4-15(24)13(8-11)17(19)25/h2-5,8-10,24H,6-7H2,1H3,(H2,19,25)/b20-18?,21-9+. The van der Waals surface area contributed by atoms with Gasteiger partial charge in [0.15, 0.2) is 5.76 Å². The van der Waals surface area contributed by atoms with E-state index in [0.29, 0.717) is 29.2 Å². The quantitative estimate of drug-likeness (QED) is 0.240. The third kappa shape index (κ3) is 4.61. The number of nitro groups is 1. The molecule has 0 unspecified atom stereocenters. The Balaban J connectivity index is 2.07. The van der Waals surface area contributed by atoms with E-state index in [1.165, 1.54) is 46.5 Å². The lowest BCUT2D eigenvalue weighted by Crippen LogP contribution is -2.14. The number of methoxy groups -OCH3 is 1. The molecule has 0 saturated carbocycles. The van der Waals surface area contributed by atoms with Gasteiger partial charge in [0, 0.05) is 18.1 Å². The molecule has 30 heavy (non-hydrogen) atoms. The monoisotopic (exact) mass is 431 g/mol. The first-order valence-corrected chi connectivity index (χ1v) is 9.40. The normalized spacial score (nSPS) is 12.0. The number of nitrogens with two attached hydrogens (primary N) is 1. The van der Waals surface area contributed by atoms with Crippen molar-refractivity contribution in [2.24, 2.45) is 15.8 Å². The molecule has 2 aromatic heterocycles. The molecule has 3 aromatic rings. The van der Waals surface area contributed by atoms with Crippen LogP contribution in [0.15, 0.2) is 50.2 Å². The fourth-order valence-corrected chi connectivity index (χ4v) is 3.33. The number of primary amides is 1. The molecular formula is C18H17N5O6S. The van der Waals surface area contributed by atoms with Crippen LogP contribution in [0.2, 0.25) is 0 Å². The average molecular weight is 431 g/mol. The number of aromatic hydroxyl groups is 1. The van der Waals surface area contributed by atoms with Crippen LogP contribution in [0.25, 0.3) is 11.3 Å². The lowest BCUT2D eigenvalue weighted by molar-refractivity contribution is -0.402. The maximum atomic E-state index is 11.6. The predicted octanol–water partition coefficient (Wildman–Crippen LogP) is 1.95. The molecular weight excluding hydrogens is 414 g/mol. The number of rotatable bonds is 8. The SMILES string of the molecule is COCCN=c1scc(-c2ccc(O)c(C(N)=O)c2)n1/N=C/c1ccc([N+](=O)[O-])o1. The molecule has 0 aliphatic heterocycles. The van der Waals surface area contributed by atoms with Crippen molar-refractivity contribution in [1.29, 1.82) is 0 Å². The maximum absolute atomic E-state index is 11.6. The summed E-state index contributed by atoms with van der Waals surface area (Å²) in [5, 5.41) is 26.7. The second-order valence-corrected chi connectivity index (χ2v) is 6.70. The largest absolute Gasteiger partial charge is 0.507 e. The molecule has 3 rings (SSSR count). The summed E-state index contributed by atoms with van der Waals surface area (Å²) in [5.74, 6) is -1.23. The molecule has 1 aromatic carbocycles. The van der Waals surface area contributed by atoms with E-state index in [2.05, 4.69) is 10.1 Å². The number of ether oxygens (including phenoxy) is 1. The van der Waals surface area contributed by atoms with Crippen LogP contribution < -0.4 is 10.5 Å². The number of phenols is 1. The number of carbonyl (C=O) groups excluding carboxylic acids is 1. The van der Waals surface area contributed by atoms with Gasteiger partial charge >= 0.3 is 5.88 Å².